The SMILES string of the molecule is CC(C)c1ncc(-c2ccncc2)c(C2CCC(CNC(=O)CC3C=CCC3)CC2)n1. The molecule has 0 radical (unpaired) electrons. The Morgan fingerprint density at radius 1 is 1.13 bits per heavy atom. The zero-order valence-corrected chi connectivity index (χ0v) is 18.8. The molecule has 0 bridgehead atoms. The van der Waals surface area contributed by atoms with E-state index in [1.807, 2.05) is 30.7 Å². The number of aromatic nitrogens is 3. The number of hydrogen-bond donors (Lipinski definition) is 1. The molecule has 0 saturated heterocycles. The number of nitrogens with zero attached hydrogens (tertiary/aromatic N) is 3. The number of hydrogen-bond acceptors (Lipinski definition) is 4. The average molecular weight is 419 g/mol. The molecule has 1 fully saturated rings. The maximum atomic E-state index is 12.3. The van der Waals surface area contributed by atoms with Crippen molar-refractivity contribution in [2.75, 3.05) is 6.54 Å². The first-order chi connectivity index (χ1) is 15.1. The van der Waals surface area contributed by atoms with Gasteiger partial charge in [-0.25, -0.2) is 9.97 Å². The molecule has 31 heavy (non-hydrogen) atoms. The van der Waals surface area contributed by atoms with E-state index in [-0.39, 0.29) is 5.91 Å². The Labute approximate surface area is 185 Å². The standard InChI is InChI=1S/C26H34N4O/c1-18(2)26-29-17-23(21-11-13-27-14-12-21)25(30-26)22-9-7-20(8-10-22)16-28-24(31)15-19-5-3-4-6-19/h3,5,11-14,17-20,22H,4,6-10,15-16H2,1-2H3,(H,28,31). The monoisotopic (exact) mass is 418 g/mol. The lowest BCUT2D eigenvalue weighted by Gasteiger charge is -2.30. The molecule has 0 aliphatic heterocycles. The smallest absolute Gasteiger partial charge is 0.220 e. The van der Waals surface area contributed by atoms with Crippen molar-refractivity contribution in [2.24, 2.45) is 11.8 Å². The number of allylic oxidation sites excluding steroid dienone is 2. The van der Waals surface area contributed by atoms with Crippen LogP contribution in [0.3, 0.4) is 0 Å². The van der Waals surface area contributed by atoms with Gasteiger partial charge in [-0.15, -0.1) is 0 Å². The Morgan fingerprint density at radius 2 is 1.90 bits per heavy atom. The van der Waals surface area contributed by atoms with Gasteiger partial charge in [0.15, 0.2) is 0 Å². The predicted octanol–water partition coefficient (Wildman–Crippen LogP) is 5.41. The molecule has 164 valence electrons. The molecule has 2 aromatic rings. The van der Waals surface area contributed by atoms with Gasteiger partial charge in [0.05, 0.1) is 5.69 Å². The average Bonchev–Trinajstić information content (AvgIpc) is 3.31. The van der Waals surface area contributed by atoms with Gasteiger partial charge in [-0.05, 0) is 68.1 Å². The fourth-order valence-electron chi connectivity index (χ4n) is 4.83. The van der Waals surface area contributed by atoms with E-state index in [1.165, 1.54) is 5.69 Å². The highest BCUT2D eigenvalue weighted by Crippen LogP contribution is 2.39. The van der Waals surface area contributed by atoms with Gasteiger partial charge < -0.3 is 5.32 Å². The van der Waals surface area contributed by atoms with Crippen LogP contribution in [0.4, 0.5) is 0 Å². The second kappa shape index (κ2) is 10.2. The summed E-state index contributed by atoms with van der Waals surface area (Å²) in [6, 6.07) is 4.08. The number of amides is 1. The molecule has 2 aliphatic rings. The van der Waals surface area contributed by atoms with Gasteiger partial charge in [-0.2, -0.15) is 0 Å². The summed E-state index contributed by atoms with van der Waals surface area (Å²) in [6.45, 7) is 5.10. The van der Waals surface area contributed by atoms with E-state index >= 15 is 0 Å². The van der Waals surface area contributed by atoms with Crippen LogP contribution in [0.25, 0.3) is 11.1 Å². The number of nitrogens with one attached hydrogen (secondary N) is 1. The van der Waals surface area contributed by atoms with Crippen LogP contribution in [0.15, 0.2) is 42.9 Å². The maximum absolute atomic E-state index is 12.3. The summed E-state index contributed by atoms with van der Waals surface area (Å²) in [7, 11) is 0. The molecule has 1 atom stereocenters. The first-order valence-corrected chi connectivity index (χ1v) is 11.8. The summed E-state index contributed by atoms with van der Waals surface area (Å²) < 4.78 is 0. The van der Waals surface area contributed by atoms with Gasteiger partial charge in [-0.3, -0.25) is 9.78 Å². The van der Waals surface area contributed by atoms with E-state index in [0.717, 1.165) is 62.0 Å². The Kier molecular flexibility index (Phi) is 7.10. The predicted molar refractivity (Wildman–Crippen MR) is 124 cm³/mol. The van der Waals surface area contributed by atoms with Crippen molar-refractivity contribution in [1.29, 1.82) is 0 Å². The van der Waals surface area contributed by atoms with Gasteiger partial charge in [0.2, 0.25) is 5.91 Å². The Bertz CT molecular complexity index is 901. The number of carbonyl (C=O) groups is 1. The van der Waals surface area contributed by atoms with E-state index in [0.29, 0.717) is 30.1 Å². The van der Waals surface area contributed by atoms with Crippen molar-refractivity contribution in [3.05, 3.63) is 54.4 Å². The third-order valence-electron chi connectivity index (χ3n) is 6.73. The summed E-state index contributed by atoms with van der Waals surface area (Å²) in [4.78, 5) is 26.1. The first-order valence-electron chi connectivity index (χ1n) is 11.8. The summed E-state index contributed by atoms with van der Waals surface area (Å²) in [6.07, 6.45) is 17.4. The van der Waals surface area contributed by atoms with Crippen molar-refractivity contribution in [3.63, 3.8) is 0 Å². The van der Waals surface area contributed by atoms with E-state index in [9.17, 15) is 4.79 Å². The fourth-order valence-corrected chi connectivity index (χ4v) is 4.83. The van der Waals surface area contributed by atoms with Crippen molar-refractivity contribution >= 4 is 5.91 Å². The highest BCUT2D eigenvalue weighted by molar-refractivity contribution is 5.76. The molecule has 2 aromatic heterocycles. The van der Waals surface area contributed by atoms with Gasteiger partial charge >= 0.3 is 0 Å². The van der Waals surface area contributed by atoms with E-state index in [4.69, 9.17) is 4.98 Å². The summed E-state index contributed by atoms with van der Waals surface area (Å²) in [5, 5.41) is 3.19. The van der Waals surface area contributed by atoms with E-state index < -0.39 is 0 Å². The molecule has 5 nitrogen and oxygen atoms in total. The zero-order chi connectivity index (χ0) is 21.6. The van der Waals surface area contributed by atoms with Gasteiger partial charge in [0.25, 0.3) is 0 Å². The van der Waals surface area contributed by atoms with Crippen LogP contribution < -0.4 is 5.32 Å². The quantitative estimate of drug-likeness (QED) is 0.611. The number of rotatable bonds is 7. The topological polar surface area (TPSA) is 67.8 Å². The van der Waals surface area contributed by atoms with Crippen LogP contribution in [0, 0.1) is 11.8 Å². The largest absolute Gasteiger partial charge is 0.356 e. The van der Waals surface area contributed by atoms with Crippen LogP contribution in [0.1, 0.15) is 82.1 Å². The lowest BCUT2D eigenvalue weighted by Crippen LogP contribution is -2.32. The van der Waals surface area contributed by atoms with Gasteiger partial charge in [0.1, 0.15) is 5.82 Å². The van der Waals surface area contributed by atoms with Crippen LogP contribution in [0.5, 0.6) is 0 Å². The number of carbonyl (C=O) groups excluding carboxylic acids is 1. The molecule has 5 heteroatoms. The molecule has 0 spiro atoms. The van der Waals surface area contributed by atoms with Crippen LogP contribution in [0.2, 0.25) is 0 Å². The molecular formula is C26H34N4O. The fraction of sp³-hybridized carbons (Fsp3) is 0.538. The molecule has 0 aromatic carbocycles. The Morgan fingerprint density at radius 3 is 2.58 bits per heavy atom. The van der Waals surface area contributed by atoms with Gasteiger partial charge in [0, 0.05) is 49.0 Å². The maximum Gasteiger partial charge on any atom is 0.220 e. The summed E-state index contributed by atoms with van der Waals surface area (Å²) in [5.41, 5.74) is 3.45. The minimum absolute atomic E-state index is 0.205. The van der Waals surface area contributed by atoms with Crippen LogP contribution in [-0.4, -0.2) is 27.4 Å². The third kappa shape index (κ3) is 5.57. The Hall–Kier alpha value is -2.56. The molecule has 1 N–H and O–H groups in total. The number of pyridine rings is 1. The lowest BCUT2D eigenvalue weighted by molar-refractivity contribution is -0.121. The van der Waals surface area contributed by atoms with Crippen molar-refractivity contribution in [3.8, 4) is 11.1 Å². The second-order valence-electron chi connectivity index (χ2n) is 9.41. The van der Waals surface area contributed by atoms with Gasteiger partial charge in [-0.1, -0.05) is 26.0 Å². The van der Waals surface area contributed by atoms with Crippen molar-refractivity contribution in [1.82, 2.24) is 20.3 Å². The molecule has 2 aliphatic carbocycles. The zero-order valence-electron chi connectivity index (χ0n) is 18.8. The van der Waals surface area contributed by atoms with E-state index in [1.54, 1.807) is 0 Å². The Balaban J connectivity index is 1.38. The summed E-state index contributed by atoms with van der Waals surface area (Å²) >= 11 is 0. The van der Waals surface area contributed by atoms with E-state index in [2.05, 4.69) is 41.3 Å². The van der Waals surface area contributed by atoms with Crippen molar-refractivity contribution < 1.29 is 4.79 Å². The molecule has 1 saturated carbocycles. The van der Waals surface area contributed by atoms with Crippen LogP contribution >= 0.6 is 0 Å². The highest BCUT2D eigenvalue weighted by Gasteiger charge is 2.27. The highest BCUT2D eigenvalue weighted by atomic mass is 16.1. The normalized spacial score (nSPS) is 23.3. The second-order valence-corrected chi connectivity index (χ2v) is 9.41. The molecule has 1 unspecified atom stereocenters. The minimum Gasteiger partial charge on any atom is -0.356 e. The lowest BCUT2D eigenvalue weighted by atomic mass is 9.79. The molecule has 4 rings (SSSR count). The molecular weight excluding hydrogens is 384 g/mol. The first kappa shape index (κ1) is 21.7. The minimum atomic E-state index is 0.205. The molecule has 2 heterocycles. The summed E-state index contributed by atoms with van der Waals surface area (Å²) in [5.74, 6) is 2.88. The van der Waals surface area contributed by atoms with Crippen LogP contribution in [-0.2, 0) is 4.79 Å². The van der Waals surface area contributed by atoms with Crippen molar-refractivity contribution in [2.45, 2.75) is 70.6 Å². The molecule has 1 amide bonds. The third-order valence-corrected chi connectivity index (χ3v) is 6.73.